The summed E-state index contributed by atoms with van der Waals surface area (Å²) in [4.78, 5) is 26.2. The number of amides is 2. The Morgan fingerprint density at radius 1 is 0.927 bits per heavy atom. The number of anilines is 2. The lowest BCUT2D eigenvalue weighted by Gasteiger charge is -2.21. The summed E-state index contributed by atoms with van der Waals surface area (Å²) in [5.41, 5.74) is -0.497. The van der Waals surface area contributed by atoms with Crippen LogP contribution >= 0.6 is 0 Å². The molecule has 0 bridgehead atoms. The maximum Gasteiger partial charge on any atom is 0.418 e. The van der Waals surface area contributed by atoms with E-state index in [1.807, 2.05) is 11.6 Å². The number of carbonyl (C=O) groups excluding carboxylic acids is 2. The van der Waals surface area contributed by atoms with Gasteiger partial charge in [0, 0.05) is 44.4 Å². The van der Waals surface area contributed by atoms with Crippen LogP contribution in [0, 0.1) is 11.6 Å². The zero-order valence-corrected chi connectivity index (χ0v) is 31.1. The van der Waals surface area contributed by atoms with Crippen LogP contribution in [0.2, 0.25) is 0 Å². The molecule has 0 aliphatic rings. The van der Waals surface area contributed by atoms with Crippen LogP contribution in [0.5, 0.6) is 0 Å². The molecule has 4 aromatic carbocycles. The van der Waals surface area contributed by atoms with Crippen molar-refractivity contribution >= 4 is 33.3 Å². The molecule has 1 aromatic heterocycles. The average molecular weight is 784 g/mol. The van der Waals surface area contributed by atoms with Crippen molar-refractivity contribution in [2.24, 2.45) is 0 Å². The minimum atomic E-state index is -4.80. The second-order valence-electron chi connectivity index (χ2n) is 12.8. The Morgan fingerprint density at radius 2 is 1.64 bits per heavy atom. The van der Waals surface area contributed by atoms with E-state index in [0.717, 1.165) is 41.4 Å². The molecular weight excluding hydrogens is 746 g/mol. The molecule has 2 amide bonds. The summed E-state index contributed by atoms with van der Waals surface area (Å²) in [5, 5.41) is 7.17. The van der Waals surface area contributed by atoms with Gasteiger partial charge in [0.05, 0.1) is 27.4 Å². The number of alkyl halides is 3. The molecule has 1 heterocycles. The third kappa shape index (κ3) is 9.20. The summed E-state index contributed by atoms with van der Waals surface area (Å²) in [6, 6.07) is 17.7. The van der Waals surface area contributed by atoms with Crippen molar-refractivity contribution in [2.45, 2.75) is 43.7 Å². The van der Waals surface area contributed by atoms with Crippen molar-refractivity contribution in [3.05, 3.63) is 125 Å². The fourth-order valence-electron chi connectivity index (χ4n) is 6.06. The van der Waals surface area contributed by atoms with Crippen LogP contribution in [0.15, 0.2) is 89.8 Å². The van der Waals surface area contributed by atoms with E-state index < -0.39 is 50.8 Å². The van der Waals surface area contributed by atoms with Crippen LogP contribution in [-0.4, -0.2) is 57.8 Å². The lowest BCUT2D eigenvalue weighted by molar-refractivity contribution is -0.137. The van der Waals surface area contributed by atoms with Gasteiger partial charge in [-0.1, -0.05) is 55.8 Å². The Labute approximate surface area is 315 Å². The minimum absolute atomic E-state index is 0.0596. The molecule has 0 atom stereocenters. The number of sulfonamides is 1. The van der Waals surface area contributed by atoms with Crippen molar-refractivity contribution in [2.75, 3.05) is 38.0 Å². The van der Waals surface area contributed by atoms with Crippen LogP contribution in [-0.2, 0) is 38.6 Å². The summed E-state index contributed by atoms with van der Waals surface area (Å²) < 4.78 is 108. The number of unbranched alkanes of at least 4 members (excludes halogenated alkanes) is 1. The summed E-state index contributed by atoms with van der Waals surface area (Å²) >= 11 is 0. The third-order valence-electron chi connectivity index (χ3n) is 8.57. The molecule has 16 heteroatoms. The average Bonchev–Trinajstić information content (AvgIpc) is 3.49. The largest absolute Gasteiger partial charge is 0.418 e. The van der Waals surface area contributed by atoms with Crippen LogP contribution < -0.4 is 14.9 Å². The molecular formula is C39H38F5N5O5S. The van der Waals surface area contributed by atoms with Gasteiger partial charge < -0.3 is 15.0 Å². The van der Waals surface area contributed by atoms with Gasteiger partial charge in [0.2, 0.25) is 5.91 Å². The number of ether oxygens (including phenoxy) is 1. The Bertz CT molecular complexity index is 2330. The number of hydrogen-bond acceptors (Lipinski definition) is 7. The molecule has 0 saturated carbocycles. The number of rotatable bonds is 14. The molecule has 0 unspecified atom stereocenters. The highest BCUT2D eigenvalue weighted by atomic mass is 32.2. The monoisotopic (exact) mass is 783 g/mol. The first-order valence-corrected chi connectivity index (χ1v) is 18.5. The van der Waals surface area contributed by atoms with Gasteiger partial charge in [0.25, 0.3) is 15.9 Å². The molecule has 0 fully saturated rings. The van der Waals surface area contributed by atoms with Gasteiger partial charge in [0.1, 0.15) is 24.1 Å². The standard InChI is InChI=1S/C39H38F5N5O5S/c1-5-6-14-33-29(38(48(2)3)49(46-33)34-22-26(45-36(50)23-54-4)18-19-30(34)39(42,43)44)20-25-17-16-24(21-32(25)41)27-11-8-10-15-35(27)55(52,53)47-37(51)28-12-7-9-13-31(28)40/h7-13,15-19,21-22H,5-6,14,20,23H2,1-4H3,(H,45,50)(H,47,51). The van der Waals surface area contributed by atoms with Gasteiger partial charge in [0.15, 0.2) is 0 Å². The van der Waals surface area contributed by atoms with Crippen LogP contribution in [0.3, 0.4) is 0 Å². The van der Waals surface area contributed by atoms with Gasteiger partial charge in [-0.3, -0.25) is 9.59 Å². The molecule has 2 N–H and O–H groups in total. The SMILES string of the molecule is CCCCc1nn(-c2cc(NC(=O)COC)ccc2C(F)(F)F)c(N(C)C)c1Cc1ccc(-c2ccccc2S(=O)(=O)NC(=O)c2ccccc2F)cc1F. The number of benzene rings is 4. The second kappa shape index (κ2) is 16.8. The van der Waals surface area contributed by atoms with Crippen molar-refractivity contribution in [3.8, 4) is 16.8 Å². The van der Waals surface area contributed by atoms with E-state index in [9.17, 15) is 35.6 Å². The molecule has 5 rings (SSSR count). The fraction of sp³-hybridized carbons (Fsp3) is 0.256. The van der Waals surface area contributed by atoms with E-state index in [1.165, 1.54) is 61.7 Å². The molecule has 0 aliphatic carbocycles. The van der Waals surface area contributed by atoms with Gasteiger partial charge in [-0.05, 0) is 66.4 Å². The fourth-order valence-corrected chi connectivity index (χ4v) is 7.25. The summed E-state index contributed by atoms with van der Waals surface area (Å²) in [7, 11) is -0.0114. The molecule has 0 spiro atoms. The van der Waals surface area contributed by atoms with Crippen molar-refractivity contribution in [3.63, 3.8) is 0 Å². The molecule has 5 aromatic rings. The summed E-state index contributed by atoms with van der Waals surface area (Å²) in [5.74, 6) is -3.16. The third-order valence-corrected chi connectivity index (χ3v) is 9.96. The zero-order chi connectivity index (χ0) is 40.1. The topological polar surface area (TPSA) is 123 Å². The Kier molecular flexibility index (Phi) is 12.4. The van der Waals surface area contributed by atoms with E-state index in [-0.39, 0.29) is 51.8 Å². The highest BCUT2D eigenvalue weighted by Crippen LogP contribution is 2.39. The van der Waals surface area contributed by atoms with Crippen LogP contribution in [0.1, 0.15) is 52.5 Å². The number of nitrogens with one attached hydrogen (secondary N) is 2. The van der Waals surface area contributed by atoms with Crippen molar-refractivity contribution < 1.29 is 44.7 Å². The van der Waals surface area contributed by atoms with Gasteiger partial charge in [-0.15, -0.1) is 0 Å². The summed E-state index contributed by atoms with van der Waals surface area (Å²) in [6.45, 7) is 1.63. The molecule has 0 saturated heterocycles. The van der Waals surface area contributed by atoms with Gasteiger partial charge in [-0.2, -0.15) is 18.3 Å². The van der Waals surface area contributed by atoms with Crippen molar-refractivity contribution in [1.82, 2.24) is 14.5 Å². The van der Waals surface area contributed by atoms with Gasteiger partial charge >= 0.3 is 6.18 Å². The van der Waals surface area contributed by atoms with E-state index in [1.54, 1.807) is 19.0 Å². The zero-order valence-electron chi connectivity index (χ0n) is 30.3. The predicted molar refractivity (Wildman–Crippen MR) is 198 cm³/mol. The number of nitrogens with zero attached hydrogens (tertiary/aromatic N) is 3. The van der Waals surface area contributed by atoms with E-state index in [4.69, 9.17) is 4.74 Å². The molecule has 290 valence electrons. The summed E-state index contributed by atoms with van der Waals surface area (Å²) in [6.07, 6.45) is -3.14. The number of carbonyl (C=O) groups is 2. The lowest BCUT2D eigenvalue weighted by atomic mass is 9.98. The number of aromatic nitrogens is 2. The van der Waals surface area contributed by atoms with E-state index in [2.05, 4.69) is 10.4 Å². The maximum absolute atomic E-state index is 16.1. The highest BCUT2D eigenvalue weighted by Gasteiger charge is 2.36. The Morgan fingerprint density at radius 3 is 2.29 bits per heavy atom. The molecule has 10 nitrogen and oxygen atoms in total. The predicted octanol–water partition coefficient (Wildman–Crippen LogP) is 7.54. The first kappa shape index (κ1) is 40.6. The van der Waals surface area contributed by atoms with Crippen LogP contribution in [0.25, 0.3) is 16.8 Å². The number of aryl methyl sites for hydroxylation is 1. The normalized spacial score (nSPS) is 11.7. The Hall–Kier alpha value is -5.61. The van der Waals surface area contributed by atoms with Crippen LogP contribution in [0.4, 0.5) is 33.5 Å². The smallest absolute Gasteiger partial charge is 0.375 e. The number of halogens is 5. The number of hydrogen-bond donors (Lipinski definition) is 2. The molecule has 0 radical (unpaired) electrons. The first-order chi connectivity index (χ1) is 26.0. The number of methoxy groups -OCH3 is 1. The minimum Gasteiger partial charge on any atom is -0.375 e. The van der Waals surface area contributed by atoms with Gasteiger partial charge in [-0.25, -0.2) is 26.6 Å². The first-order valence-electron chi connectivity index (χ1n) is 17.0. The van der Waals surface area contributed by atoms with Crippen molar-refractivity contribution in [1.29, 1.82) is 0 Å². The quantitative estimate of drug-likeness (QED) is 0.112. The Balaban J connectivity index is 1.56. The maximum atomic E-state index is 16.1. The molecule has 55 heavy (non-hydrogen) atoms. The van der Waals surface area contributed by atoms with E-state index >= 15 is 4.39 Å². The lowest BCUT2D eigenvalue weighted by Crippen LogP contribution is -2.31. The molecule has 0 aliphatic heterocycles. The van der Waals surface area contributed by atoms with E-state index in [0.29, 0.717) is 24.1 Å². The highest BCUT2D eigenvalue weighted by molar-refractivity contribution is 7.90. The second-order valence-corrected chi connectivity index (χ2v) is 14.4.